The van der Waals surface area contributed by atoms with E-state index in [9.17, 15) is 9.59 Å². The Balaban J connectivity index is 1.65. The van der Waals surface area contributed by atoms with Gasteiger partial charge in [-0.05, 0) is 48.9 Å². The number of rotatable bonds is 5. The number of hydrogen-bond donors (Lipinski definition) is 1. The van der Waals surface area contributed by atoms with Crippen LogP contribution in [0.15, 0.2) is 48.5 Å². The SMILES string of the molecule is COc1ccc(NC(=O)CC2SC(=S)N(c3cccc(C)c3)C2=O)cc1. The van der Waals surface area contributed by atoms with Gasteiger partial charge in [-0.15, -0.1) is 0 Å². The van der Waals surface area contributed by atoms with Crippen molar-refractivity contribution in [3.8, 4) is 5.75 Å². The smallest absolute Gasteiger partial charge is 0.246 e. The second-order valence-electron chi connectivity index (χ2n) is 5.87. The summed E-state index contributed by atoms with van der Waals surface area (Å²) in [7, 11) is 1.58. The molecule has 0 radical (unpaired) electrons. The first-order chi connectivity index (χ1) is 12.5. The molecule has 5 nitrogen and oxygen atoms in total. The molecule has 7 heteroatoms. The van der Waals surface area contributed by atoms with Gasteiger partial charge in [-0.25, -0.2) is 0 Å². The number of nitrogens with one attached hydrogen (secondary N) is 1. The van der Waals surface area contributed by atoms with Gasteiger partial charge in [0.15, 0.2) is 0 Å². The van der Waals surface area contributed by atoms with E-state index in [1.54, 1.807) is 31.4 Å². The quantitative estimate of drug-likeness (QED) is 0.793. The first kappa shape index (κ1) is 18.4. The number of carbonyl (C=O) groups excluding carboxylic acids is 2. The van der Waals surface area contributed by atoms with Crippen LogP contribution in [0.5, 0.6) is 5.75 Å². The summed E-state index contributed by atoms with van der Waals surface area (Å²) in [6.07, 6.45) is 0.0674. The monoisotopic (exact) mass is 386 g/mol. The van der Waals surface area contributed by atoms with Crippen LogP contribution in [0.4, 0.5) is 11.4 Å². The zero-order chi connectivity index (χ0) is 18.7. The van der Waals surface area contributed by atoms with Crippen molar-refractivity contribution < 1.29 is 14.3 Å². The van der Waals surface area contributed by atoms with Crippen LogP contribution in [0.25, 0.3) is 0 Å². The molecule has 1 heterocycles. The Bertz CT molecular complexity index is 852. The fraction of sp³-hybridized carbons (Fsp3) is 0.211. The van der Waals surface area contributed by atoms with Gasteiger partial charge in [0.05, 0.1) is 12.8 Å². The lowest BCUT2D eigenvalue weighted by atomic mass is 10.2. The van der Waals surface area contributed by atoms with E-state index in [4.69, 9.17) is 17.0 Å². The first-order valence-corrected chi connectivity index (χ1v) is 9.32. The first-order valence-electron chi connectivity index (χ1n) is 8.03. The third kappa shape index (κ3) is 4.05. The van der Waals surface area contributed by atoms with Crippen LogP contribution in [0.1, 0.15) is 12.0 Å². The third-order valence-electron chi connectivity index (χ3n) is 3.93. The normalized spacial score (nSPS) is 16.7. The van der Waals surface area contributed by atoms with Gasteiger partial charge in [-0.1, -0.05) is 36.1 Å². The van der Waals surface area contributed by atoms with Gasteiger partial charge in [-0.3, -0.25) is 14.5 Å². The van der Waals surface area contributed by atoms with Gasteiger partial charge in [0.1, 0.15) is 15.3 Å². The number of benzene rings is 2. The summed E-state index contributed by atoms with van der Waals surface area (Å²) in [6, 6.07) is 14.6. The van der Waals surface area contributed by atoms with Crippen LogP contribution < -0.4 is 15.0 Å². The summed E-state index contributed by atoms with van der Waals surface area (Å²) in [4.78, 5) is 26.5. The number of nitrogens with zero attached hydrogens (tertiary/aromatic N) is 1. The maximum Gasteiger partial charge on any atom is 0.246 e. The number of carbonyl (C=O) groups is 2. The summed E-state index contributed by atoms with van der Waals surface area (Å²) in [5, 5.41) is 2.28. The van der Waals surface area contributed by atoms with Crippen molar-refractivity contribution >= 4 is 51.5 Å². The Hall–Kier alpha value is -2.38. The van der Waals surface area contributed by atoms with Crippen molar-refractivity contribution in [2.24, 2.45) is 0 Å². The number of ether oxygens (including phenoxy) is 1. The molecule has 0 aromatic heterocycles. The topological polar surface area (TPSA) is 58.6 Å². The van der Waals surface area contributed by atoms with Crippen molar-refractivity contribution in [2.45, 2.75) is 18.6 Å². The molecule has 2 aromatic carbocycles. The summed E-state index contributed by atoms with van der Waals surface area (Å²) >= 11 is 6.61. The fourth-order valence-corrected chi connectivity index (χ4v) is 4.17. The molecule has 0 aliphatic carbocycles. The zero-order valence-electron chi connectivity index (χ0n) is 14.4. The van der Waals surface area contributed by atoms with Gasteiger partial charge >= 0.3 is 0 Å². The van der Waals surface area contributed by atoms with E-state index in [2.05, 4.69) is 5.32 Å². The van der Waals surface area contributed by atoms with Crippen molar-refractivity contribution in [2.75, 3.05) is 17.3 Å². The standard InChI is InChI=1S/C19H18N2O3S2/c1-12-4-3-5-14(10-12)21-18(23)16(26-19(21)25)11-17(22)20-13-6-8-15(24-2)9-7-13/h3-10,16H,11H2,1-2H3,(H,20,22). The fourth-order valence-electron chi connectivity index (χ4n) is 2.64. The summed E-state index contributed by atoms with van der Waals surface area (Å²) < 4.78 is 5.56. The molecule has 1 N–H and O–H groups in total. The average molecular weight is 386 g/mol. The van der Waals surface area contributed by atoms with Gasteiger partial charge in [0, 0.05) is 12.1 Å². The Labute approximate surface area is 161 Å². The minimum Gasteiger partial charge on any atom is -0.497 e. The molecule has 1 aliphatic heterocycles. The van der Waals surface area contributed by atoms with Crippen molar-refractivity contribution in [3.05, 3.63) is 54.1 Å². The molecule has 0 bridgehead atoms. The van der Waals surface area contributed by atoms with E-state index in [1.165, 1.54) is 16.7 Å². The molecule has 1 aliphatic rings. The van der Waals surface area contributed by atoms with Gasteiger partial charge in [-0.2, -0.15) is 0 Å². The Morgan fingerprint density at radius 3 is 2.65 bits per heavy atom. The van der Waals surface area contributed by atoms with Crippen LogP contribution in [-0.4, -0.2) is 28.5 Å². The summed E-state index contributed by atoms with van der Waals surface area (Å²) in [5.41, 5.74) is 2.44. The highest BCUT2D eigenvalue weighted by atomic mass is 32.2. The van der Waals surface area contributed by atoms with E-state index in [1.807, 2.05) is 31.2 Å². The molecular weight excluding hydrogens is 368 g/mol. The molecule has 2 amide bonds. The molecule has 1 atom stereocenters. The Morgan fingerprint density at radius 2 is 2.00 bits per heavy atom. The molecule has 1 fully saturated rings. The molecule has 26 heavy (non-hydrogen) atoms. The summed E-state index contributed by atoms with van der Waals surface area (Å²) in [6.45, 7) is 1.96. The highest BCUT2D eigenvalue weighted by Gasteiger charge is 2.39. The predicted octanol–water partition coefficient (Wildman–Crippen LogP) is 3.77. The predicted molar refractivity (Wildman–Crippen MR) is 109 cm³/mol. The molecule has 1 unspecified atom stereocenters. The highest BCUT2D eigenvalue weighted by Crippen LogP contribution is 2.34. The molecule has 0 spiro atoms. The minimum absolute atomic E-state index is 0.0674. The second kappa shape index (κ2) is 7.88. The van der Waals surface area contributed by atoms with E-state index in [0.717, 1.165) is 11.3 Å². The van der Waals surface area contributed by atoms with E-state index in [-0.39, 0.29) is 18.2 Å². The van der Waals surface area contributed by atoms with Crippen molar-refractivity contribution in [1.29, 1.82) is 0 Å². The van der Waals surface area contributed by atoms with Crippen molar-refractivity contribution in [3.63, 3.8) is 0 Å². The molecule has 0 saturated carbocycles. The highest BCUT2D eigenvalue weighted by molar-refractivity contribution is 8.25. The van der Waals surface area contributed by atoms with Crippen LogP contribution in [-0.2, 0) is 9.59 Å². The summed E-state index contributed by atoms with van der Waals surface area (Å²) in [5.74, 6) is 0.328. The number of hydrogen-bond acceptors (Lipinski definition) is 5. The molecule has 3 rings (SSSR count). The van der Waals surface area contributed by atoms with E-state index >= 15 is 0 Å². The molecule has 134 valence electrons. The molecule has 2 aromatic rings. The van der Waals surface area contributed by atoms with E-state index < -0.39 is 5.25 Å². The number of aryl methyl sites for hydroxylation is 1. The van der Waals surface area contributed by atoms with E-state index in [0.29, 0.717) is 15.8 Å². The van der Waals surface area contributed by atoms with Gasteiger partial charge in [0.25, 0.3) is 0 Å². The Morgan fingerprint density at radius 1 is 1.27 bits per heavy atom. The number of amides is 2. The zero-order valence-corrected chi connectivity index (χ0v) is 16.0. The maximum atomic E-state index is 12.7. The van der Waals surface area contributed by atoms with Crippen LogP contribution in [0.3, 0.4) is 0 Å². The van der Waals surface area contributed by atoms with Crippen molar-refractivity contribution in [1.82, 2.24) is 0 Å². The van der Waals surface area contributed by atoms with Gasteiger partial charge in [0.2, 0.25) is 11.8 Å². The van der Waals surface area contributed by atoms with Crippen LogP contribution >= 0.6 is 24.0 Å². The van der Waals surface area contributed by atoms with Gasteiger partial charge < -0.3 is 10.1 Å². The van der Waals surface area contributed by atoms with Crippen LogP contribution in [0, 0.1) is 6.92 Å². The average Bonchev–Trinajstić information content (AvgIpc) is 2.89. The number of thioether (sulfide) groups is 1. The van der Waals surface area contributed by atoms with Crippen LogP contribution in [0.2, 0.25) is 0 Å². The second-order valence-corrected chi connectivity index (χ2v) is 7.70. The maximum absolute atomic E-state index is 12.7. The lowest BCUT2D eigenvalue weighted by molar-refractivity contribution is -0.121. The Kier molecular flexibility index (Phi) is 5.58. The third-order valence-corrected chi connectivity index (χ3v) is 5.43. The lowest BCUT2D eigenvalue weighted by Gasteiger charge is -2.16. The largest absolute Gasteiger partial charge is 0.497 e. The molecular formula is C19H18N2O3S2. The lowest BCUT2D eigenvalue weighted by Crippen LogP contribution is -2.32. The number of thiocarbonyl (C=S) groups is 1. The number of methoxy groups -OCH3 is 1. The number of anilines is 2. The minimum atomic E-state index is -0.513. The molecule has 1 saturated heterocycles.